The van der Waals surface area contributed by atoms with Crippen LogP contribution in [0.25, 0.3) is 55.8 Å². The van der Waals surface area contributed by atoms with Gasteiger partial charge < -0.3 is 105 Å². The molecule has 5 aliphatic heterocycles. The van der Waals surface area contributed by atoms with Gasteiger partial charge in [-0.3, -0.25) is 42.4 Å². The number of H-pyrrole nitrogens is 2. The van der Waals surface area contributed by atoms with Gasteiger partial charge in [0, 0.05) is 32.1 Å². The van der Waals surface area contributed by atoms with Gasteiger partial charge in [0.05, 0.1) is 120 Å². The lowest BCUT2D eigenvalue weighted by atomic mass is 10.2. The molecule has 0 aromatic carbocycles. The predicted octanol–water partition coefficient (Wildman–Crippen LogP) is 11.0. The molecule has 5 saturated heterocycles. The molecule has 0 spiro atoms. The Morgan fingerprint density at radius 3 is 0.958 bits per heavy atom. The maximum Gasteiger partial charge on any atom is 0.280 e. The number of nitrogens with zero attached hydrogens (tertiary/aromatic N) is 19. The molecule has 10 aromatic heterocycles. The Balaban J connectivity index is 0.000000209. The van der Waals surface area contributed by atoms with Gasteiger partial charge in [0.15, 0.2) is 87.1 Å². The van der Waals surface area contributed by atoms with E-state index in [4.69, 9.17) is 167 Å². The van der Waals surface area contributed by atoms with Crippen LogP contribution < -0.4 is 39.8 Å². The number of terminal acetylenes is 4. The zero-order valence-electron chi connectivity index (χ0n) is 83.5. The van der Waals surface area contributed by atoms with Crippen LogP contribution in [0.15, 0.2) is 41.2 Å². The summed E-state index contributed by atoms with van der Waals surface area (Å²) >= 11 is 27.3. The lowest BCUT2D eigenvalue weighted by Crippen LogP contribution is -2.44. The highest BCUT2D eigenvalue weighted by atomic mass is 79.9. The third kappa shape index (κ3) is 30.6. The maximum atomic E-state index is 12.1. The van der Waals surface area contributed by atoms with Crippen molar-refractivity contribution >= 4 is 180 Å². The number of imidazole rings is 5. The number of aromatic nitrogens is 20. The summed E-state index contributed by atoms with van der Waals surface area (Å²) in [6, 6.07) is 1.77. The molecule has 0 bridgehead atoms. The molecule has 5 aliphatic rings. The molecule has 17 N–H and O–H groups in total. The van der Waals surface area contributed by atoms with Gasteiger partial charge in [0.1, 0.15) is 98.0 Å². The number of aliphatic hydroxyl groups excluding tert-OH is 5. The fourth-order valence-corrected chi connectivity index (χ4v) is 17.1. The Morgan fingerprint density at radius 1 is 0.437 bits per heavy atom. The number of nitrogens with one attached hydrogen (secondary N) is 2. The number of fused-ring (bicyclic) bond motifs is 5. The zero-order chi connectivity index (χ0) is 106. The Bertz CT molecular complexity index is 6190. The molecule has 15 atom stereocenters. The van der Waals surface area contributed by atoms with Crippen LogP contribution in [0.4, 0.5) is 29.7 Å². The molecule has 142 heavy (non-hydrogen) atoms. The van der Waals surface area contributed by atoms with Crippen molar-refractivity contribution in [3.8, 4) is 55.4 Å². The van der Waals surface area contributed by atoms with Crippen LogP contribution in [0.2, 0.25) is 88.0 Å². The van der Waals surface area contributed by atoms with E-state index in [1.54, 1.807) is 41.6 Å². The number of anilines is 5. The second-order valence-corrected chi connectivity index (χ2v) is 62.9. The molecule has 44 nitrogen and oxygen atoms in total. The van der Waals surface area contributed by atoms with Crippen molar-refractivity contribution in [2.24, 2.45) is 0 Å². The fourth-order valence-electron chi connectivity index (χ4n) is 13.4. The zero-order valence-corrected chi connectivity index (χ0v) is 92.1. The summed E-state index contributed by atoms with van der Waals surface area (Å²) in [7, 11) is -7.18. The number of rotatable bonds is 23. The third-order valence-electron chi connectivity index (χ3n) is 25.4. The van der Waals surface area contributed by atoms with Crippen molar-refractivity contribution in [3.63, 3.8) is 0 Å². The minimum Gasteiger partial charge on any atom is -0.414 e. The van der Waals surface area contributed by atoms with Crippen molar-refractivity contribution in [3.05, 3.63) is 67.8 Å². The SMILES string of the molecule is C#CCBr.C#CCOC1C[C@H](n2cnc3c(=O)[nH]c(N)nc32)O[C@@H]1CO.C#CCOC1C[C@H](n2cnc3c(=O)[nH]c(N)nc32)O[C@@H]1CO[Si](C)(C)C(C)(C)C.C#CCOC1C[C@H](n2cnc3c(Cl)nc(N)nc32)O[C@@H]1CO[Si](C)(C)C(C)(C)C.CC(C)(C)[Si](C)(C)Cl.CC(C)(C)[Si](C)(C)OC[C@H]1O[C@@H](n2cnc3c(Cl)nc(N)nc32)CC1O.N#CCCO.Nc1nc(Cl)c2ncn([C@H]3CC(O)[C@@H](CO)O3)c2n1. The van der Waals surface area contributed by atoms with Crippen molar-refractivity contribution in [1.82, 2.24) is 97.6 Å². The van der Waals surface area contributed by atoms with E-state index in [0.717, 1.165) is 0 Å². The second-order valence-electron chi connectivity index (χ2n) is 39.5. The molecule has 53 heteroatoms. The highest BCUT2D eigenvalue weighted by molar-refractivity contribution is 9.09. The standard InChI is InChI=1S/C19H28ClN5O3Si.C19H29N5O4Si.C16H26ClN5O3Si.C13H15N5O4.C10H12ClN5O3.C6H15ClSi.C3H3Br.C3H5NO/c1-7-8-26-12-9-14(28-13(12)10-27-29(5,6)19(2,3)4)25-11-22-15-16(20)23-18(21)24-17(15)25;1-7-8-26-12-9-14(28-13(12)10-27-29(5,6)19(2,3)4)24-11-21-15-16(24)22-18(20)23-17(15)25;1-16(2,3)26(4,5)24-7-10-9(23)6-11(25-10)22-8-19-12-13(17)20-15(18)21-14(12)22;1-2-3-21-7-4-9(22-8(7)5-19)18-6-15-10-11(18)16-13(14)17-12(10)20;11-8-7-9(15-10(12)14-8)16(3-13-7)6-1-4(18)5(2-17)19-6;1-6(2,3)8(4,5)7;1-2-3-4;4-2-1-3-5/h1,11-14H,8-10H2,2-6H3,(H2,21,23,24);1,11-14H,8-10H2,2-6H3,(H3,20,22,23,25);8-11,23H,6-7H2,1-5H3,(H2,18,20,21);1,6-9,19H,3-5H2,(H3,14,16,17,20);3-6,17-18H,1-2H2,(H2,12,14,15);1-5H3;1H,3H2;5H,1,3H2/t2*12?,13-,14-;9?,10-,11-;7?,8-,9-;4?,5-,6-;;;/m11111.../s1. The smallest absolute Gasteiger partial charge is 0.280 e. The number of aromatic amines is 2. The topological polar surface area (TPSA) is 615 Å². The number of alkyl halides is 1. The van der Waals surface area contributed by atoms with Crippen molar-refractivity contribution in [2.75, 3.05) is 93.5 Å². The molecule has 15 heterocycles. The van der Waals surface area contributed by atoms with Crippen LogP contribution in [0.3, 0.4) is 0 Å². The van der Waals surface area contributed by atoms with Crippen LogP contribution in [-0.2, 0) is 51.2 Å². The summed E-state index contributed by atoms with van der Waals surface area (Å²) in [6.07, 6.45) is 24.6. The van der Waals surface area contributed by atoms with Crippen LogP contribution in [0.5, 0.6) is 0 Å². The number of aliphatic hydroxyl groups is 5. The first-order valence-electron chi connectivity index (χ1n) is 45.4. The van der Waals surface area contributed by atoms with Gasteiger partial charge in [0.25, 0.3) is 11.1 Å². The van der Waals surface area contributed by atoms with Gasteiger partial charge >= 0.3 is 0 Å². The van der Waals surface area contributed by atoms with Crippen molar-refractivity contribution in [1.29, 1.82) is 5.26 Å². The molecule has 0 aliphatic carbocycles. The van der Waals surface area contributed by atoms with E-state index in [-0.39, 0.29) is 160 Å². The molecular weight excluding hydrogens is 2060 g/mol. The van der Waals surface area contributed by atoms with Crippen molar-refractivity contribution < 1.29 is 76.7 Å². The Hall–Kier alpha value is -9.05. The van der Waals surface area contributed by atoms with Gasteiger partial charge in [-0.1, -0.05) is 171 Å². The first kappa shape index (κ1) is 118. The predicted molar refractivity (Wildman–Crippen MR) is 556 cm³/mol. The summed E-state index contributed by atoms with van der Waals surface area (Å²) < 4.78 is 74.4. The summed E-state index contributed by atoms with van der Waals surface area (Å²) in [6.45, 7) is 45.1. The van der Waals surface area contributed by atoms with E-state index in [1.165, 1.54) is 19.0 Å². The monoisotopic (exact) mass is 2180 g/mol. The largest absolute Gasteiger partial charge is 0.414 e. The van der Waals surface area contributed by atoms with Gasteiger partial charge in [-0.05, 0) is 59.4 Å². The van der Waals surface area contributed by atoms with E-state index in [2.05, 4.69) is 250 Å². The van der Waals surface area contributed by atoms with E-state index in [1.807, 2.05) is 0 Å². The number of hydrogen-bond acceptors (Lipinski definition) is 37. The molecule has 10 aromatic rings. The average molecular weight is 2190 g/mol. The molecule has 0 radical (unpaired) electrons. The minimum absolute atomic E-state index is 0.00362. The number of halogens is 5. The molecule has 0 saturated carbocycles. The Morgan fingerprint density at radius 2 is 0.697 bits per heavy atom. The lowest BCUT2D eigenvalue weighted by Gasteiger charge is -2.37. The maximum absolute atomic E-state index is 12.1. The van der Waals surface area contributed by atoms with Gasteiger partial charge in [-0.2, -0.15) is 56.2 Å². The van der Waals surface area contributed by atoms with Crippen LogP contribution >= 0.6 is 61.8 Å². The van der Waals surface area contributed by atoms with Gasteiger partial charge in [-0.15, -0.1) is 25.7 Å². The first-order valence-corrected chi connectivity index (χ1v) is 60.4. The van der Waals surface area contributed by atoms with Crippen LogP contribution in [0, 0.1) is 60.7 Å². The number of nitrogen functional groups attached to an aromatic ring is 5. The van der Waals surface area contributed by atoms with E-state index >= 15 is 0 Å². The molecular formula is C89H133BrCl4N26O18Si4. The molecule has 778 valence electrons. The number of nitriles is 1. The Labute approximate surface area is 856 Å². The fraction of sp³-hybridized carbons (Fsp3) is 0.618. The Kier molecular flexibility index (Phi) is 42.3. The number of hydrogen-bond donors (Lipinski definition) is 12. The summed E-state index contributed by atoms with van der Waals surface area (Å²) in [5.74, 6) is 9.97. The average Bonchev–Trinajstić information content (AvgIpc) is 1.64. The van der Waals surface area contributed by atoms with Gasteiger partial charge in [0.2, 0.25) is 29.7 Å². The number of ether oxygens (including phenoxy) is 8. The summed E-state index contributed by atoms with van der Waals surface area (Å²) in [4.78, 5) is 82.0. The van der Waals surface area contributed by atoms with Gasteiger partial charge in [-0.25, -0.2) is 24.9 Å². The minimum atomic E-state index is -1.95. The summed E-state index contributed by atoms with van der Waals surface area (Å²) in [5, 5.41) is 56.0. The summed E-state index contributed by atoms with van der Waals surface area (Å²) in [5.41, 5.74) is 31.3. The van der Waals surface area contributed by atoms with E-state index in [9.17, 15) is 24.9 Å². The molecule has 15 rings (SSSR count). The van der Waals surface area contributed by atoms with Crippen molar-refractivity contribution in [2.45, 2.75) is 286 Å². The third-order valence-corrected chi connectivity index (χ3v) is 45.3. The number of nitrogens with two attached hydrogens (primary N) is 5. The lowest BCUT2D eigenvalue weighted by molar-refractivity contribution is -0.0555. The van der Waals surface area contributed by atoms with Crippen LogP contribution in [0.1, 0.15) is 153 Å². The van der Waals surface area contributed by atoms with Crippen LogP contribution in [-0.4, -0.2) is 281 Å². The van der Waals surface area contributed by atoms with E-state index < -0.39 is 93.3 Å². The highest BCUT2D eigenvalue weighted by Gasteiger charge is 2.47. The quantitative estimate of drug-likeness (QED) is 0.00930. The molecule has 0 amide bonds. The molecule has 5 fully saturated rings. The molecule has 5 unspecified atom stereocenters. The first-order chi connectivity index (χ1) is 66.4. The normalized spacial score (nSPS) is 22.4. The second kappa shape index (κ2) is 50.8. The van der Waals surface area contributed by atoms with E-state index in [0.29, 0.717) is 107 Å². The highest BCUT2D eigenvalue weighted by Crippen LogP contribution is 2.45.